The summed E-state index contributed by atoms with van der Waals surface area (Å²) in [5, 5.41) is 8.29. The van der Waals surface area contributed by atoms with Crippen LogP contribution in [0.1, 0.15) is 18.5 Å². The van der Waals surface area contributed by atoms with Gasteiger partial charge >= 0.3 is 12.0 Å². The number of halogens is 1. The van der Waals surface area contributed by atoms with Crippen molar-refractivity contribution in [1.29, 1.82) is 0 Å². The first kappa shape index (κ1) is 20.7. The van der Waals surface area contributed by atoms with E-state index < -0.39 is 12.0 Å². The van der Waals surface area contributed by atoms with E-state index >= 15 is 0 Å². The number of para-hydroxylation sites is 1. The number of methoxy groups -OCH3 is 1. The number of hydrogen-bond donors (Lipinski definition) is 1. The molecule has 0 saturated heterocycles. The summed E-state index contributed by atoms with van der Waals surface area (Å²) < 4.78 is 6.76. The Morgan fingerprint density at radius 3 is 2.45 bits per heavy atom. The number of carbonyl (C=O) groups is 2. The van der Waals surface area contributed by atoms with Crippen LogP contribution in [0, 0.1) is 0 Å². The molecule has 0 bridgehead atoms. The maximum absolute atomic E-state index is 12.7. The molecule has 0 radical (unpaired) electrons. The second-order valence-electron chi connectivity index (χ2n) is 7.15. The second kappa shape index (κ2) is 8.28. The largest absolute Gasteiger partial charge is 0.466 e. The molecule has 158 valence electrons. The summed E-state index contributed by atoms with van der Waals surface area (Å²) in [6.45, 7) is 1.72. The summed E-state index contributed by atoms with van der Waals surface area (Å²) >= 11 is 6.07. The SMILES string of the molecule is COC(=O)C1=C(C)N(C)C(=O)NC1c1cn(-c2ccccc2)nc1-c1ccc(Cl)cc1. The molecule has 1 unspecified atom stereocenters. The first-order chi connectivity index (χ1) is 14.9. The van der Waals surface area contributed by atoms with Gasteiger partial charge in [-0.05, 0) is 31.2 Å². The molecule has 1 aromatic heterocycles. The summed E-state index contributed by atoms with van der Waals surface area (Å²) in [6, 6.07) is 15.8. The average molecular weight is 437 g/mol. The Morgan fingerprint density at radius 1 is 1.13 bits per heavy atom. The number of rotatable bonds is 4. The normalized spacial score (nSPS) is 16.3. The summed E-state index contributed by atoms with van der Waals surface area (Å²) in [5.74, 6) is -0.510. The minimum atomic E-state index is -0.723. The van der Waals surface area contributed by atoms with Crippen LogP contribution in [0.5, 0.6) is 0 Å². The monoisotopic (exact) mass is 436 g/mol. The van der Waals surface area contributed by atoms with E-state index in [-0.39, 0.29) is 6.03 Å². The lowest BCUT2D eigenvalue weighted by molar-refractivity contribution is -0.136. The molecule has 2 amide bonds. The van der Waals surface area contributed by atoms with Gasteiger partial charge in [-0.15, -0.1) is 0 Å². The number of nitrogens with one attached hydrogen (secondary N) is 1. The van der Waals surface area contributed by atoms with Gasteiger partial charge in [-0.2, -0.15) is 5.10 Å². The molecular formula is C23H21ClN4O3. The Kier molecular flexibility index (Phi) is 5.52. The third-order valence-electron chi connectivity index (χ3n) is 5.35. The summed E-state index contributed by atoms with van der Waals surface area (Å²) in [6.07, 6.45) is 1.83. The van der Waals surface area contributed by atoms with E-state index in [9.17, 15) is 9.59 Å². The number of nitrogens with zero attached hydrogens (tertiary/aromatic N) is 3. The highest BCUT2D eigenvalue weighted by Gasteiger charge is 2.37. The highest BCUT2D eigenvalue weighted by Crippen LogP contribution is 2.36. The fourth-order valence-corrected chi connectivity index (χ4v) is 3.71. The fraction of sp³-hybridized carbons (Fsp3) is 0.174. The van der Waals surface area contributed by atoms with Crippen LogP contribution in [0.4, 0.5) is 4.79 Å². The standard InChI is InChI=1S/C23H21ClN4O3/c1-14-19(22(29)31-3)21(25-23(30)27(14)2)18-13-28(17-7-5-4-6-8-17)26-20(18)15-9-11-16(24)12-10-15/h4-13,21H,1-3H3,(H,25,30). The lowest BCUT2D eigenvalue weighted by Crippen LogP contribution is -2.46. The molecule has 2 aromatic carbocycles. The smallest absolute Gasteiger partial charge is 0.337 e. The van der Waals surface area contributed by atoms with Crippen LogP contribution >= 0.6 is 11.6 Å². The highest BCUT2D eigenvalue weighted by molar-refractivity contribution is 6.30. The second-order valence-corrected chi connectivity index (χ2v) is 7.59. The maximum Gasteiger partial charge on any atom is 0.337 e. The Morgan fingerprint density at radius 2 is 1.81 bits per heavy atom. The topological polar surface area (TPSA) is 76.5 Å². The van der Waals surface area contributed by atoms with Crippen molar-refractivity contribution in [2.45, 2.75) is 13.0 Å². The van der Waals surface area contributed by atoms with Crippen molar-refractivity contribution in [2.75, 3.05) is 14.2 Å². The molecule has 8 heteroatoms. The molecule has 0 fully saturated rings. The average Bonchev–Trinajstić information content (AvgIpc) is 3.23. The Hall–Kier alpha value is -3.58. The Labute approximate surface area is 184 Å². The molecule has 1 N–H and O–H groups in total. The number of hydrogen-bond acceptors (Lipinski definition) is 4. The van der Waals surface area contributed by atoms with Gasteiger partial charge in [-0.25, -0.2) is 14.3 Å². The van der Waals surface area contributed by atoms with Crippen LogP contribution in [-0.2, 0) is 9.53 Å². The van der Waals surface area contributed by atoms with Crippen molar-refractivity contribution in [3.05, 3.63) is 82.7 Å². The predicted octanol–water partition coefficient (Wildman–Crippen LogP) is 4.34. The van der Waals surface area contributed by atoms with Gasteiger partial charge in [0.2, 0.25) is 0 Å². The molecule has 31 heavy (non-hydrogen) atoms. The van der Waals surface area contributed by atoms with Crippen LogP contribution in [0.25, 0.3) is 16.9 Å². The minimum absolute atomic E-state index is 0.315. The third-order valence-corrected chi connectivity index (χ3v) is 5.60. The zero-order valence-corrected chi connectivity index (χ0v) is 18.1. The Balaban J connectivity index is 1.93. The zero-order chi connectivity index (χ0) is 22.1. The van der Waals surface area contributed by atoms with E-state index in [1.54, 1.807) is 30.8 Å². The molecule has 1 aliphatic rings. The van der Waals surface area contributed by atoms with Crippen molar-refractivity contribution in [3.63, 3.8) is 0 Å². The molecule has 4 rings (SSSR count). The van der Waals surface area contributed by atoms with Gasteiger partial charge in [0.15, 0.2) is 0 Å². The van der Waals surface area contributed by atoms with Gasteiger partial charge in [0, 0.05) is 35.1 Å². The van der Waals surface area contributed by atoms with E-state index in [2.05, 4.69) is 5.32 Å². The molecular weight excluding hydrogens is 416 g/mol. The number of aromatic nitrogens is 2. The van der Waals surface area contributed by atoms with Gasteiger partial charge in [-0.3, -0.25) is 0 Å². The lowest BCUT2D eigenvalue weighted by Gasteiger charge is -2.32. The van der Waals surface area contributed by atoms with E-state index in [0.717, 1.165) is 11.3 Å². The van der Waals surface area contributed by atoms with Crippen molar-refractivity contribution < 1.29 is 14.3 Å². The summed E-state index contributed by atoms with van der Waals surface area (Å²) in [5.41, 5.74) is 3.84. The van der Waals surface area contributed by atoms with Crippen LogP contribution in [0.3, 0.4) is 0 Å². The Bertz CT molecular complexity index is 1170. The first-order valence-corrected chi connectivity index (χ1v) is 10.0. The van der Waals surface area contributed by atoms with Crippen LogP contribution < -0.4 is 5.32 Å². The van der Waals surface area contributed by atoms with E-state index in [1.807, 2.05) is 48.7 Å². The van der Waals surface area contributed by atoms with E-state index in [0.29, 0.717) is 27.6 Å². The molecule has 3 aromatic rings. The molecule has 1 aliphatic heterocycles. The maximum atomic E-state index is 12.7. The van der Waals surface area contributed by atoms with Crippen molar-refractivity contribution in [1.82, 2.24) is 20.0 Å². The first-order valence-electron chi connectivity index (χ1n) is 9.65. The predicted molar refractivity (Wildman–Crippen MR) is 118 cm³/mol. The lowest BCUT2D eigenvalue weighted by atomic mass is 9.93. The van der Waals surface area contributed by atoms with Gasteiger partial charge in [-0.1, -0.05) is 41.9 Å². The molecule has 0 aliphatic carbocycles. The number of allylic oxidation sites excluding steroid dienone is 1. The van der Waals surface area contributed by atoms with Crippen LogP contribution in [0.2, 0.25) is 5.02 Å². The van der Waals surface area contributed by atoms with Crippen LogP contribution in [0.15, 0.2) is 72.1 Å². The van der Waals surface area contributed by atoms with Crippen LogP contribution in [-0.4, -0.2) is 40.8 Å². The molecule has 1 atom stereocenters. The highest BCUT2D eigenvalue weighted by atomic mass is 35.5. The molecule has 2 heterocycles. The van der Waals surface area contributed by atoms with Gasteiger partial charge in [0.1, 0.15) is 0 Å². The van der Waals surface area contributed by atoms with E-state index in [1.165, 1.54) is 12.0 Å². The van der Waals surface area contributed by atoms with Crippen molar-refractivity contribution in [3.8, 4) is 16.9 Å². The number of amides is 2. The van der Waals surface area contributed by atoms with E-state index in [4.69, 9.17) is 21.4 Å². The fourth-order valence-electron chi connectivity index (χ4n) is 3.59. The third kappa shape index (κ3) is 3.80. The van der Waals surface area contributed by atoms with Gasteiger partial charge in [0.25, 0.3) is 0 Å². The molecule has 0 spiro atoms. The molecule has 7 nitrogen and oxygen atoms in total. The summed E-state index contributed by atoms with van der Waals surface area (Å²) in [4.78, 5) is 26.7. The quantitative estimate of drug-likeness (QED) is 0.617. The zero-order valence-electron chi connectivity index (χ0n) is 17.3. The van der Waals surface area contributed by atoms with Gasteiger partial charge < -0.3 is 15.0 Å². The summed E-state index contributed by atoms with van der Waals surface area (Å²) in [7, 11) is 2.93. The minimum Gasteiger partial charge on any atom is -0.466 e. The van der Waals surface area contributed by atoms with Gasteiger partial charge in [0.05, 0.1) is 30.1 Å². The number of ether oxygens (including phenoxy) is 1. The number of benzene rings is 2. The number of urea groups is 1. The van der Waals surface area contributed by atoms with Crippen molar-refractivity contribution >= 4 is 23.6 Å². The van der Waals surface area contributed by atoms with Crippen molar-refractivity contribution in [2.24, 2.45) is 0 Å². The molecule has 0 saturated carbocycles. The number of carbonyl (C=O) groups excluding carboxylic acids is 2. The number of esters is 1.